The SMILES string of the molecule is CCc1ccc(C(C(=O)NC2CCCCC2)N(C(=O)CNC(=O)OC(C)(C)C)C2CC2C)cc1. The van der Waals surface area contributed by atoms with E-state index in [1.165, 1.54) is 12.0 Å². The first kappa shape index (κ1) is 26.0. The Morgan fingerprint density at radius 2 is 1.71 bits per heavy atom. The van der Waals surface area contributed by atoms with Gasteiger partial charge in [0.15, 0.2) is 0 Å². The van der Waals surface area contributed by atoms with Gasteiger partial charge >= 0.3 is 6.09 Å². The van der Waals surface area contributed by atoms with Crippen molar-refractivity contribution < 1.29 is 19.1 Å². The minimum absolute atomic E-state index is 0.0269. The molecule has 3 atom stereocenters. The van der Waals surface area contributed by atoms with Gasteiger partial charge in [-0.05, 0) is 63.5 Å². The fourth-order valence-corrected chi connectivity index (χ4v) is 4.66. The number of hydrogen-bond donors (Lipinski definition) is 2. The Morgan fingerprint density at radius 3 is 2.24 bits per heavy atom. The van der Waals surface area contributed by atoms with E-state index in [0.717, 1.165) is 44.1 Å². The molecule has 3 amide bonds. The molecule has 0 heterocycles. The van der Waals surface area contributed by atoms with E-state index in [4.69, 9.17) is 4.74 Å². The summed E-state index contributed by atoms with van der Waals surface area (Å²) in [6.07, 6.45) is 6.49. The molecule has 3 unspecified atom stereocenters. The van der Waals surface area contributed by atoms with Gasteiger partial charge in [-0.15, -0.1) is 0 Å². The highest BCUT2D eigenvalue weighted by Crippen LogP contribution is 2.40. The van der Waals surface area contributed by atoms with E-state index in [0.29, 0.717) is 5.92 Å². The number of aryl methyl sites for hydroxylation is 1. The van der Waals surface area contributed by atoms with Crippen LogP contribution in [0.3, 0.4) is 0 Å². The number of amides is 3. The first-order valence-electron chi connectivity index (χ1n) is 12.8. The monoisotopic (exact) mass is 471 g/mol. The van der Waals surface area contributed by atoms with Crippen molar-refractivity contribution in [1.82, 2.24) is 15.5 Å². The molecule has 0 aromatic heterocycles. The standard InChI is InChI=1S/C27H41N3O4/c1-6-19-12-14-20(15-13-19)24(25(32)29-21-10-8-7-9-11-21)30(22-16-18(22)2)23(31)17-28-26(33)34-27(3,4)5/h12-15,18,21-22,24H,6-11,16-17H2,1-5H3,(H,28,33)(H,29,32). The highest BCUT2D eigenvalue weighted by molar-refractivity contribution is 5.91. The first-order chi connectivity index (χ1) is 16.1. The summed E-state index contributed by atoms with van der Waals surface area (Å²) >= 11 is 0. The molecule has 7 nitrogen and oxygen atoms in total. The summed E-state index contributed by atoms with van der Waals surface area (Å²) in [5, 5.41) is 5.81. The van der Waals surface area contributed by atoms with Gasteiger partial charge in [0.25, 0.3) is 0 Å². The molecule has 3 rings (SSSR count). The number of benzene rings is 1. The Bertz CT molecular complexity index is 856. The number of nitrogens with zero attached hydrogens (tertiary/aromatic N) is 1. The van der Waals surface area contributed by atoms with Gasteiger partial charge in [0, 0.05) is 12.1 Å². The Hall–Kier alpha value is -2.57. The summed E-state index contributed by atoms with van der Waals surface area (Å²) in [5.41, 5.74) is 1.33. The molecule has 7 heteroatoms. The molecule has 0 aliphatic heterocycles. The lowest BCUT2D eigenvalue weighted by Crippen LogP contribution is -2.50. The predicted molar refractivity (Wildman–Crippen MR) is 132 cm³/mol. The van der Waals surface area contributed by atoms with E-state index >= 15 is 0 Å². The maximum absolute atomic E-state index is 13.7. The largest absolute Gasteiger partial charge is 0.444 e. The van der Waals surface area contributed by atoms with Crippen LogP contribution in [0.25, 0.3) is 0 Å². The molecule has 0 bridgehead atoms. The zero-order valence-corrected chi connectivity index (χ0v) is 21.4. The van der Waals surface area contributed by atoms with E-state index in [-0.39, 0.29) is 30.4 Å². The van der Waals surface area contributed by atoms with Gasteiger partial charge in [-0.1, -0.05) is 57.4 Å². The van der Waals surface area contributed by atoms with Crippen molar-refractivity contribution in [3.05, 3.63) is 35.4 Å². The van der Waals surface area contributed by atoms with Gasteiger partial charge < -0.3 is 20.3 Å². The van der Waals surface area contributed by atoms with Gasteiger partial charge in [0.1, 0.15) is 18.2 Å². The number of carbonyl (C=O) groups excluding carboxylic acids is 3. The van der Waals surface area contributed by atoms with E-state index in [1.54, 1.807) is 25.7 Å². The quantitative estimate of drug-likeness (QED) is 0.584. The van der Waals surface area contributed by atoms with Gasteiger partial charge in [-0.3, -0.25) is 9.59 Å². The smallest absolute Gasteiger partial charge is 0.408 e. The highest BCUT2D eigenvalue weighted by Gasteiger charge is 2.46. The van der Waals surface area contributed by atoms with Crippen LogP contribution in [-0.4, -0.2) is 47.0 Å². The number of ether oxygens (including phenoxy) is 1. The van der Waals surface area contributed by atoms with Crippen LogP contribution >= 0.6 is 0 Å². The third-order valence-electron chi connectivity index (χ3n) is 6.68. The molecule has 0 saturated heterocycles. The molecule has 1 aromatic rings. The maximum Gasteiger partial charge on any atom is 0.408 e. The van der Waals surface area contributed by atoms with Gasteiger partial charge in [-0.25, -0.2) is 4.79 Å². The molecule has 0 radical (unpaired) electrons. The molecule has 1 aromatic carbocycles. The molecule has 2 fully saturated rings. The van der Waals surface area contributed by atoms with Crippen molar-refractivity contribution in [3.63, 3.8) is 0 Å². The summed E-state index contributed by atoms with van der Waals surface area (Å²) in [5.74, 6) is -0.102. The van der Waals surface area contributed by atoms with Crippen LogP contribution in [0.1, 0.15) is 90.3 Å². The van der Waals surface area contributed by atoms with Crippen LogP contribution in [-0.2, 0) is 20.7 Å². The van der Waals surface area contributed by atoms with Crippen LogP contribution in [0.15, 0.2) is 24.3 Å². The first-order valence-corrected chi connectivity index (χ1v) is 12.8. The van der Waals surface area contributed by atoms with Crippen molar-refractivity contribution in [2.24, 2.45) is 5.92 Å². The molecular formula is C27H41N3O4. The molecule has 2 aliphatic carbocycles. The second-order valence-corrected chi connectivity index (χ2v) is 10.8. The number of rotatable bonds is 8. The zero-order valence-electron chi connectivity index (χ0n) is 21.4. The lowest BCUT2D eigenvalue weighted by atomic mass is 9.94. The van der Waals surface area contributed by atoms with Gasteiger partial charge in [0.2, 0.25) is 11.8 Å². The van der Waals surface area contributed by atoms with Crippen LogP contribution in [0.4, 0.5) is 4.79 Å². The lowest BCUT2D eigenvalue weighted by molar-refractivity contribution is -0.141. The minimum atomic E-state index is -0.726. The number of alkyl carbamates (subject to hydrolysis) is 1. The Kier molecular flexibility index (Phi) is 8.61. The molecule has 2 N–H and O–H groups in total. The van der Waals surface area contributed by atoms with Crippen molar-refractivity contribution >= 4 is 17.9 Å². The fraction of sp³-hybridized carbons (Fsp3) is 0.667. The minimum Gasteiger partial charge on any atom is -0.444 e. The predicted octanol–water partition coefficient (Wildman–Crippen LogP) is 4.50. The van der Waals surface area contributed by atoms with E-state index in [9.17, 15) is 14.4 Å². The average molecular weight is 472 g/mol. The second-order valence-electron chi connectivity index (χ2n) is 10.8. The van der Waals surface area contributed by atoms with Crippen LogP contribution < -0.4 is 10.6 Å². The summed E-state index contributed by atoms with van der Waals surface area (Å²) in [6.45, 7) is 9.29. The molecule has 34 heavy (non-hydrogen) atoms. The molecule has 0 spiro atoms. The van der Waals surface area contributed by atoms with E-state index in [1.807, 2.05) is 24.3 Å². The van der Waals surface area contributed by atoms with Crippen molar-refractivity contribution in [2.45, 2.75) is 103 Å². The topological polar surface area (TPSA) is 87.7 Å². The Balaban J connectivity index is 1.83. The highest BCUT2D eigenvalue weighted by atomic mass is 16.6. The van der Waals surface area contributed by atoms with E-state index < -0.39 is 17.7 Å². The molecular weight excluding hydrogens is 430 g/mol. The van der Waals surface area contributed by atoms with Crippen molar-refractivity contribution in [3.8, 4) is 0 Å². The number of hydrogen-bond acceptors (Lipinski definition) is 4. The van der Waals surface area contributed by atoms with Crippen LogP contribution in [0.2, 0.25) is 0 Å². The zero-order chi connectivity index (χ0) is 24.9. The molecule has 2 aliphatic rings. The van der Waals surface area contributed by atoms with Crippen LogP contribution in [0.5, 0.6) is 0 Å². The number of carbonyl (C=O) groups is 3. The van der Waals surface area contributed by atoms with Gasteiger partial charge in [0.05, 0.1) is 0 Å². The lowest BCUT2D eigenvalue weighted by Gasteiger charge is -2.34. The third-order valence-corrected chi connectivity index (χ3v) is 6.68. The summed E-state index contributed by atoms with van der Waals surface area (Å²) in [4.78, 5) is 41.0. The maximum atomic E-state index is 13.7. The second kappa shape index (κ2) is 11.2. The third kappa shape index (κ3) is 7.21. The van der Waals surface area contributed by atoms with E-state index in [2.05, 4.69) is 24.5 Å². The summed E-state index contributed by atoms with van der Waals surface area (Å²) in [7, 11) is 0. The summed E-state index contributed by atoms with van der Waals surface area (Å²) in [6, 6.07) is 7.35. The summed E-state index contributed by atoms with van der Waals surface area (Å²) < 4.78 is 5.28. The van der Waals surface area contributed by atoms with Crippen molar-refractivity contribution in [1.29, 1.82) is 0 Å². The van der Waals surface area contributed by atoms with Crippen LogP contribution in [0, 0.1) is 5.92 Å². The molecule has 188 valence electrons. The van der Waals surface area contributed by atoms with Crippen molar-refractivity contribution in [2.75, 3.05) is 6.54 Å². The normalized spacial score (nSPS) is 21.3. The average Bonchev–Trinajstić information content (AvgIpc) is 3.51. The van der Waals surface area contributed by atoms with Gasteiger partial charge in [-0.2, -0.15) is 0 Å². The molecule has 2 saturated carbocycles. The Morgan fingerprint density at radius 1 is 1.09 bits per heavy atom. The number of nitrogens with one attached hydrogen (secondary N) is 2. The Labute approximate surface area is 204 Å². The fourth-order valence-electron chi connectivity index (χ4n) is 4.66.